The zero-order valence-electron chi connectivity index (χ0n) is 38.2. The van der Waals surface area contributed by atoms with E-state index in [4.69, 9.17) is 21.4 Å². The summed E-state index contributed by atoms with van der Waals surface area (Å²) in [7, 11) is 1.78. The van der Waals surface area contributed by atoms with Gasteiger partial charge in [0.15, 0.2) is 5.82 Å². The van der Waals surface area contributed by atoms with Crippen LogP contribution in [-0.4, -0.2) is 109 Å². The topological polar surface area (TPSA) is 154 Å². The normalized spacial score (nSPS) is 20.0. The third-order valence-electron chi connectivity index (χ3n) is 14.0. The molecule has 0 unspecified atom stereocenters. The summed E-state index contributed by atoms with van der Waals surface area (Å²) in [6.45, 7) is 15.8. The Morgan fingerprint density at radius 2 is 1.73 bits per heavy atom. The summed E-state index contributed by atoms with van der Waals surface area (Å²) in [6, 6.07) is 10.4. The molecule has 15 nitrogen and oxygen atoms in total. The first-order valence-electron chi connectivity index (χ1n) is 22.6. The van der Waals surface area contributed by atoms with Crippen molar-refractivity contribution in [3.05, 3.63) is 93.7 Å². The summed E-state index contributed by atoms with van der Waals surface area (Å²) in [5.41, 5.74) is 4.83. The molecule has 3 aromatic heterocycles. The van der Waals surface area contributed by atoms with Gasteiger partial charge in [0.05, 0.1) is 35.4 Å². The summed E-state index contributed by atoms with van der Waals surface area (Å²) in [6.07, 6.45) is 5.90. The first kappa shape index (κ1) is 45.1. The SMILES string of the molecule is CC(=O)N1CCc2c(c(N3CCCc4cc(-c5cnn(C)c5)c(C(F)F)cc43)nn2CCN2CCN(c3ncc(C(=O)NC4C(C)(C)C(Oc5ccc(C#N)c(Cl)c5)C4(C)C)cn3)CC2)C1. The van der Waals surface area contributed by atoms with Crippen LogP contribution in [0.2, 0.25) is 5.02 Å². The molecular weight excluding hydrogens is 866 g/mol. The van der Waals surface area contributed by atoms with Gasteiger partial charge in [-0.15, -0.1) is 0 Å². The minimum absolute atomic E-state index is 0.00520. The van der Waals surface area contributed by atoms with E-state index >= 15 is 0 Å². The lowest BCUT2D eigenvalue weighted by atomic mass is 9.49. The highest BCUT2D eigenvalue weighted by Crippen LogP contribution is 2.55. The molecule has 66 heavy (non-hydrogen) atoms. The van der Waals surface area contributed by atoms with Crippen molar-refractivity contribution >= 4 is 40.9 Å². The highest BCUT2D eigenvalue weighted by Gasteiger charge is 2.64. The van der Waals surface area contributed by atoms with E-state index in [1.54, 1.807) is 67.7 Å². The maximum Gasteiger partial charge on any atom is 0.264 e. The van der Waals surface area contributed by atoms with Gasteiger partial charge in [-0.05, 0) is 48.2 Å². The van der Waals surface area contributed by atoms with Crippen molar-refractivity contribution in [1.29, 1.82) is 5.26 Å². The van der Waals surface area contributed by atoms with Crippen LogP contribution in [0.5, 0.6) is 5.75 Å². The molecule has 2 fully saturated rings. The zero-order chi connectivity index (χ0) is 46.7. The van der Waals surface area contributed by atoms with Crippen molar-refractivity contribution in [1.82, 2.24) is 44.6 Å². The summed E-state index contributed by atoms with van der Waals surface area (Å²) in [5.74, 6) is 1.60. The largest absolute Gasteiger partial charge is 0.489 e. The third kappa shape index (κ3) is 8.34. The Morgan fingerprint density at radius 3 is 2.38 bits per heavy atom. The number of rotatable bonds is 11. The van der Waals surface area contributed by atoms with E-state index in [0.29, 0.717) is 84.7 Å². The highest BCUT2D eigenvalue weighted by atomic mass is 35.5. The van der Waals surface area contributed by atoms with E-state index in [9.17, 15) is 23.6 Å². The fourth-order valence-electron chi connectivity index (χ4n) is 10.8. The Kier molecular flexibility index (Phi) is 12.0. The average Bonchev–Trinajstić information content (AvgIpc) is 3.91. The zero-order valence-corrected chi connectivity index (χ0v) is 38.9. The number of amides is 2. The van der Waals surface area contributed by atoms with Crippen LogP contribution in [0.3, 0.4) is 0 Å². The number of anilines is 3. The number of ether oxygens (including phenoxy) is 1. The maximum atomic E-state index is 14.7. The summed E-state index contributed by atoms with van der Waals surface area (Å²) in [4.78, 5) is 43.8. The quantitative estimate of drug-likeness (QED) is 0.146. The number of piperazine rings is 1. The second-order valence-electron chi connectivity index (χ2n) is 19.1. The Hall–Kier alpha value is -6.12. The molecule has 1 saturated carbocycles. The van der Waals surface area contributed by atoms with Gasteiger partial charge in [-0.1, -0.05) is 39.3 Å². The molecule has 2 amide bonds. The van der Waals surface area contributed by atoms with Gasteiger partial charge >= 0.3 is 0 Å². The predicted molar refractivity (Wildman–Crippen MR) is 246 cm³/mol. The number of aromatic nitrogens is 6. The van der Waals surface area contributed by atoms with Crippen molar-refractivity contribution < 1.29 is 23.1 Å². The molecule has 346 valence electrons. The predicted octanol–water partition coefficient (Wildman–Crippen LogP) is 6.96. The minimum atomic E-state index is -2.68. The van der Waals surface area contributed by atoms with Crippen LogP contribution in [0.4, 0.5) is 26.2 Å². The number of hydrogen-bond donors (Lipinski definition) is 1. The lowest BCUT2D eigenvalue weighted by Gasteiger charge is -2.63. The molecule has 1 N–H and O–H groups in total. The molecule has 0 bridgehead atoms. The monoisotopic (exact) mass is 920 g/mol. The van der Waals surface area contributed by atoms with Crippen LogP contribution < -0.4 is 19.9 Å². The Balaban J connectivity index is 0.837. The minimum Gasteiger partial charge on any atom is -0.489 e. The second-order valence-corrected chi connectivity index (χ2v) is 19.5. The van der Waals surface area contributed by atoms with Gasteiger partial charge in [-0.2, -0.15) is 15.5 Å². The molecule has 6 heterocycles. The number of benzene rings is 2. The number of alkyl halides is 2. The first-order valence-corrected chi connectivity index (χ1v) is 22.9. The molecule has 1 saturated heterocycles. The number of nitriles is 1. The van der Waals surface area contributed by atoms with Gasteiger partial charge in [0.2, 0.25) is 11.9 Å². The molecule has 4 aliphatic rings. The van der Waals surface area contributed by atoms with Crippen molar-refractivity contribution in [2.24, 2.45) is 17.9 Å². The van der Waals surface area contributed by atoms with Gasteiger partial charge in [0, 0.05) is 136 Å². The van der Waals surface area contributed by atoms with E-state index in [1.165, 1.54) is 0 Å². The van der Waals surface area contributed by atoms with Gasteiger partial charge in [-0.25, -0.2) is 18.7 Å². The third-order valence-corrected chi connectivity index (χ3v) is 14.4. The van der Waals surface area contributed by atoms with Crippen molar-refractivity contribution in [3.63, 3.8) is 0 Å². The fourth-order valence-corrected chi connectivity index (χ4v) is 11.0. The summed E-state index contributed by atoms with van der Waals surface area (Å²) >= 11 is 6.26. The number of nitrogens with zero attached hydrogens (tertiary/aromatic N) is 11. The summed E-state index contributed by atoms with van der Waals surface area (Å²) in [5, 5.41) is 22.2. The smallest absolute Gasteiger partial charge is 0.264 e. The van der Waals surface area contributed by atoms with Crippen LogP contribution >= 0.6 is 11.6 Å². The van der Waals surface area contributed by atoms with E-state index in [0.717, 1.165) is 60.8 Å². The summed E-state index contributed by atoms with van der Waals surface area (Å²) < 4.78 is 39.5. The Bertz CT molecular complexity index is 2690. The number of aryl methyl sites for hydroxylation is 2. The number of hydrogen-bond acceptors (Lipinski definition) is 11. The van der Waals surface area contributed by atoms with E-state index in [-0.39, 0.29) is 29.5 Å². The fraction of sp³-hybridized carbons (Fsp3) is 0.479. The molecule has 0 atom stereocenters. The highest BCUT2D eigenvalue weighted by molar-refractivity contribution is 6.31. The number of fused-ring (bicyclic) bond motifs is 2. The van der Waals surface area contributed by atoms with Crippen LogP contribution in [0, 0.1) is 22.2 Å². The number of halogens is 3. The van der Waals surface area contributed by atoms with Gasteiger partial charge < -0.3 is 24.8 Å². The Labute approximate surface area is 388 Å². The molecule has 18 heteroatoms. The lowest BCUT2D eigenvalue weighted by molar-refractivity contribution is -0.164. The molecule has 0 spiro atoms. The standard InChI is InChI=1S/C48H55ClF2N12O3/c1-29(64)61-13-11-39-37(28-61)42(62-12-7-8-30-20-35(33-26-55-58(6)27-33)36(41(50)51)22-40(30)62)57-63(39)19-16-59-14-17-60(18-15-59)46-53-24-32(25-54-46)43(65)56-44-47(2,3)45(48(44,4)5)66-34-10-9-31(23-52)38(49)21-34/h9-10,20-22,24-27,41,44-45H,7-8,11-19,28H2,1-6H3,(H,56,65). The van der Waals surface area contributed by atoms with Crippen LogP contribution in [0.1, 0.15) is 85.8 Å². The van der Waals surface area contributed by atoms with Gasteiger partial charge in [0.25, 0.3) is 12.3 Å². The van der Waals surface area contributed by atoms with Crippen LogP contribution in [-0.2, 0) is 37.8 Å². The lowest BCUT2D eigenvalue weighted by Crippen LogP contribution is -2.74. The molecule has 0 radical (unpaired) electrons. The number of nitrogens with one attached hydrogen (secondary N) is 1. The van der Waals surface area contributed by atoms with Crippen molar-refractivity contribution in [2.45, 2.75) is 85.5 Å². The van der Waals surface area contributed by atoms with E-state index in [1.807, 2.05) is 11.0 Å². The maximum absolute atomic E-state index is 14.7. The average molecular weight is 921 g/mol. The molecule has 5 aromatic rings. The first-order chi connectivity index (χ1) is 31.5. The van der Waals surface area contributed by atoms with Gasteiger partial charge in [-0.3, -0.25) is 23.9 Å². The van der Waals surface area contributed by atoms with Crippen molar-refractivity contribution in [2.75, 3.05) is 55.6 Å². The molecule has 2 aromatic carbocycles. The molecule has 9 rings (SSSR count). The van der Waals surface area contributed by atoms with Crippen LogP contribution in [0.25, 0.3) is 11.1 Å². The molecule has 1 aliphatic carbocycles. The van der Waals surface area contributed by atoms with Crippen molar-refractivity contribution in [3.8, 4) is 22.9 Å². The Morgan fingerprint density at radius 1 is 0.985 bits per heavy atom. The van der Waals surface area contributed by atoms with Crippen LogP contribution in [0.15, 0.2) is 55.1 Å². The number of carbonyl (C=O) groups excluding carboxylic acids is 2. The van der Waals surface area contributed by atoms with Gasteiger partial charge in [0.1, 0.15) is 17.9 Å². The second kappa shape index (κ2) is 17.6. The van der Waals surface area contributed by atoms with E-state index < -0.39 is 17.3 Å². The molecular formula is C48H55ClF2N12O3. The number of carbonyl (C=O) groups is 2. The molecule has 3 aliphatic heterocycles. The van der Waals surface area contributed by atoms with E-state index in [2.05, 4.69) is 73.5 Å².